The molecule has 2 N–H and O–H groups in total. The van der Waals surface area contributed by atoms with Crippen LogP contribution in [0.1, 0.15) is 24.1 Å². The number of amides is 1. The van der Waals surface area contributed by atoms with Crippen molar-refractivity contribution in [3.63, 3.8) is 0 Å². The number of hydrogen-bond acceptors (Lipinski definition) is 7. The maximum atomic E-state index is 12.9. The Morgan fingerprint density at radius 2 is 1.97 bits per heavy atom. The molecule has 2 rings (SSSR count). The SMILES string of the molecule is COCCOC[C@H](Sc1[nH]c(=O)ncc1C)C(=O)N[C@H](C)c1ccc(OC)cc1. The Bertz CT molecular complexity index is 841. The van der Waals surface area contributed by atoms with Crippen LogP contribution in [0.5, 0.6) is 5.75 Å². The van der Waals surface area contributed by atoms with Crippen molar-refractivity contribution in [2.24, 2.45) is 0 Å². The topological polar surface area (TPSA) is 103 Å². The molecule has 0 radical (unpaired) electrons. The molecule has 0 unspecified atom stereocenters. The van der Waals surface area contributed by atoms with Gasteiger partial charge in [-0.3, -0.25) is 4.79 Å². The number of thioether (sulfide) groups is 1. The average Bonchev–Trinajstić information content (AvgIpc) is 2.72. The van der Waals surface area contributed by atoms with Gasteiger partial charge in [0.05, 0.1) is 38.0 Å². The van der Waals surface area contributed by atoms with Crippen molar-refractivity contribution in [3.8, 4) is 5.75 Å². The van der Waals surface area contributed by atoms with Crippen LogP contribution < -0.4 is 15.7 Å². The fraction of sp³-hybridized carbons (Fsp3) is 0.450. The third-order valence-corrected chi connectivity index (χ3v) is 5.48. The van der Waals surface area contributed by atoms with Gasteiger partial charge in [-0.15, -0.1) is 0 Å². The van der Waals surface area contributed by atoms with Crippen LogP contribution >= 0.6 is 11.8 Å². The lowest BCUT2D eigenvalue weighted by Gasteiger charge is -2.21. The van der Waals surface area contributed by atoms with E-state index in [1.54, 1.807) is 14.2 Å². The third-order valence-electron chi connectivity index (χ3n) is 4.18. The minimum Gasteiger partial charge on any atom is -0.497 e. The summed E-state index contributed by atoms with van der Waals surface area (Å²) in [5, 5.41) is 3.05. The highest BCUT2D eigenvalue weighted by molar-refractivity contribution is 8.00. The first-order valence-corrected chi connectivity index (χ1v) is 10.1. The van der Waals surface area contributed by atoms with Crippen molar-refractivity contribution in [1.82, 2.24) is 15.3 Å². The Morgan fingerprint density at radius 3 is 2.62 bits per heavy atom. The molecule has 2 aromatic rings. The van der Waals surface area contributed by atoms with E-state index in [0.717, 1.165) is 16.9 Å². The van der Waals surface area contributed by atoms with Crippen molar-refractivity contribution in [2.75, 3.05) is 34.0 Å². The van der Waals surface area contributed by atoms with Crippen molar-refractivity contribution >= 4 is 17.7 Å². The van der Waals surface area contributed by atoms with Crippen LogP contribution in [0.4, 0.5) is 0 Å². The van der Waals surface area contributed by atoms with Gasteiger partial charge in [0.2, 0.25) is 5.91 Å². The summed E-state index contributed by atoms with van der Waals surface area (Å²) < 4.78 is 15.7. The van der Waals surface area contributed by atoms with Crippen molar-refractivity contribution in [3.05, 3.63) is 52.1 Å². The van der Waals surface area contributed by atoms with Gasteiger partial charge >= 0.3 is 5.69 Å². The molecule has 1 heterocycles. The van der Waals surface area contributed by atoms with Crippen LogP contribution in [-0.2, 0) is 14.3 Å². The Balaban J connectivity index is 2.09. The molecule has 0 bridgehead atoms. The summed E-state index contributed by atoms with van der Waals surface area (Å²) in [4.78, 5) is 30.9. The van der Waals surface area contributed by atoms with E-state index in [9.17, 15) is 9.59 Å². The van der Waals surface area contributed by atoms with Crippen molar-refractivity contribution < 1.29 is 19.0 Å². The number of H-pyrrole nitrogens is 1. The highest BCUT2D eigenvalue weighted by atomic mass is 32.2. The first-order valence-electron chi connectivity index (χ1n) is 9.18. The third kappa shape index (κ3) is 7.19. The molecule has 2 atom stereocenters. The summed E-state index contributed by atoms with van der Waals surface area (Å²) in [7, 11) is 3.20. The van der Waals surface area contributed by atoms with Gasteiger partial charge in [0, 0.05) is 13.3 Å². The minimum atomic E-state index is -0.552. The Kier molecular flexibility index (Phi) is 9.17. The van der Waals surface area contributed by atoms with Crippen LogP contribution in [0, 0.1) is 6.92 Å². The summed E-state index contributed by atoms with van der Waals surface area (Å²) in [6.45, 7) is 4.73. The van der Waals surface area contributed by atoms with Crippen LogP contribution in [0.2, 0.25) is 0 Å². The predicted molar refractivity (Wildman–Crippen MR) is 111 cm³/mol. The number of carbonyl (C=O) groups is 1. The largest absolute Gasteiger partial charge is 0.497 e. The average molecular weight is 422 g/mol. The molecule has 0 spiro atoms. The Labute approximate surface area is 174 Å². The van der Waals surface area contributed by atoms with Gasteiger partial charge in [-0.25, -0.2) is 9.78 Å². The number of ether oxygens (including phenoxy) is 3. The maximum absolute atomic E-state index is 12.9. The number of methoxy groups -OCH3 is 2. The number of nitrogens with zero attached hydrogens (tertiary/aromatic N) is 1. The molecule has 8 nitrogen and oxygen atoms in total. The van der Waals surface area contributed by atoms with E-state index in [2.05, 4.69) is 15.3 Å². The van der Waals surface area contributed by atoms with Crippen molar-refractivity contribution in [1.29, 1.82) is 0 Å². The van der Waals surface area contributed by atoms with Crippen molar-refractivity contribution in [2.45, 2.75) is 30.2 Å². The summed E-state index contributed by atoms with van der Waals surface area (Å²) in [6, 6.07) is 7.32. The Hall–Kier alpha value is -2.36. The number of aromatic amines is 1. The van der Waals surface area contributed by atoms with Crippen LogP contribution in [0.3, 0.4) is 0 Å². The van der Waals surface area contributed by atoms with E-state index in [1.807, 2.05) is 38.1 Å². The van der Waals surface area contributed by atoms with Gasteiger partial charge < -0.3 is 24.5 Å². The first-order chi connectivity index (χ1) is 13.9. The monoisotopic (exact) mass is 421 g/mol. The van der Waals surface area contributed by atoms with E-state index < -0.39 is 10.9 Å². The number of aryl methyl sites for hydroxylation is 1. The lowest BCUT2D eigenvalue weighted by atomic mass is 10.1. The van der Waals surface area contributed by atoms with Crippen LogP contribution in [0.25, 0.3) is 0 Å². The number of hydrogen-bond donors (Lipinski definition) is 2. The van der Waals surface area contributed by atoms with E-state index in [0.29, 0.717) is 18.2 Å². The van der Waals surface area contributed by atoms with Gasteiger partial charge in [-0.05, 0) is 37.1 Å². The number of benzene rings is 1. The lowest BCUT2D eigenvalue weighted by Crippen LogP contribution is -2.37. The summed E-state index contributed by atoms with van der Waals surface area (Å²) in [5.74, 6) is 0.567. The second kappa shape index (κ2) is 11.6. The number of rotatable bonds is 11. The summed E-state index contributed by atoms with van der Waals surface area (Å²) in [6.07, 6.45) is 1.49. The number of aromatic nitrogens is 2. The molecule has 0 aliphatic heterocycles. The van der Waals surface area contributed by atoms with Gasteiger partial charge in [0.25, 0.3) is 0 Å². The molecule has 1 amide bonds. The van der Waals surface area contributed by atoms with Gasteiger partial charge in [-0.1, -0.05) is 23.9 Å². The van der Waals surface area contributed by atoms with Gasteiger partial charge in [0.15, 0.2) is 0 Å². The minimum absolute atomic E-state index is 0.180. The van der Waals surface area contributed by atoms with E-state index in [1.165, 1.54) is 18.0 Å². The Morgan fingerprint density at radius 1 is 1.24 bits per heavy atom. The molecule has 0 saturated heterocycles. The molecule has 0 saturated carbocycles. The fourth-order valence-electron chi connectivity index (χ4n) is 2.48. The van der Waals surface area contributed by atoms with Crippen LogP contribution in [-0.4, -0.2) is 55.2 Å². The van der Waals surface area contributed by atoms with Gasteiger partial charge in [0.1, 0.15) is 11.0 Å². The zero-order valence-corrected chi connectivity index (χ0v) is 17.9. The first kappa shape index (κ1) is 22.9. The van der Waals surface area contributed by atoms with E-state index in [4.69, 9.17) is 14.2 Å². The lowest BCUT2D eigenvalue weighted by molar-refractivity contribution is -0.122. The normalized spacial score (nSPS) is 13.0. The highest BCUT2D eigenvalue weighted by Crippen LogP contribution is 2.25. The molecule has 0 fully saturated rings. The molecule has 158 valence electrons. The summed E-state index contributed by atoms with van der Waals surface area (Å²) in [5.41, 5.74) is 1.29. The molecule has 0 aliphatic carbocycles. The standard InChI is InChI=1S/C20H27N3O5S/c1-13-11-21-20(25)23-19(13)29-17(12-28-10-9-26-3)18(24)22-14(2)15-5-7-16(27-4)8-6-15/h5-8,11,14,17H,9-10,12H2,1-4H3,(H,22,24)(H,21,23,25)/t14-,17+/m1/s1. The number of nitrogens with one attached hydrogen (secondary N) is 2. The molecule has 1 aromatic heterocycles. The van der Waals surface area contributed by atoms with Crippen LogP contribution in [0.15, 0.2) is 40.3 Å². The molecule has 9 heteroatoms. The zero-order valence-electron chi connectivity index (χ0n) is 17.1. The second-order valence-corrected chi connectivity index (χ2v) is 7.59. The predicted octanol–water partition coefficient (Wildman–Crippen LogP) is 2.09. The molecule has 1 aromatic carbocycles. The number of carbonyl (C=O) groups excluding carboxylic acids is 1. The quantitative estimate of drug-likeness (QED) is 0.325. The maximum Gasteiger partial charge on any atom is 0.345 e. The fourth-order valence-corrected chi connectivity index (χ4v) is 3.49. The smallest absolute Gasteiger partial charge is 0.345 e. The summed E-state index contributed by atoms with van der Waals surface area (Å²) >= 11 is 1.25. The zero-order chi connectivity index (χ0) is 21.2. The second-order valence-electron chi connectivity index (χ2n) is 6.38. The molecular formula is C20H27N3O5S. The van der Waals surface area contributed by atoms with E-state index >= 15 is 0 Å². The van der Waals surface area contributed by atoms with Gasteiger partial charge in [-0.2, -0.15) is 0 Å². The molecular weight excluding hydrogens is 394 g/mol. The van der Waals surface area contributed by atoms with E-state index in [-0.39, 0.29) is 18.6 Å². The molecule has 0 aliphatic rings. The molecule has 29 heavy (non-hydrogen) atoms. The highest BCUT2D eigenvalue weighted by Gasteiger charge is 2.23.